The van der Waals surface area contributed by atoms with Crippen molar-refractivity contribution < 1.29 is 9.90 Å². The maximum atomic E-state index is 11.6. The van der Waals surface area contributed by atoms with Crippen molar-refractivity contribution in [3.63, 3.8) is 0 Å². The Morgan fingerprint density at radius 3 is 2.37 bits per heavy atom. The predicted molar refractivity (Wildman–Crippen MR) is 126 cm³/mol. The lowest BCUT2D eigenvalue weighted by Crippen LogP contribution is -2.16. The van der Waals surface area contributed by atoms with Crippen LogP contribution in [0.25, 0.3) is 23.3 Å². The second-order valence-corrected chi connectivity index (χ2v) is 7.94. The van der Waals surface area contributed by atoms with Gasteiger partial charge < -0.3 is 5.11 Å². The second kappa shape index (κ2) is 10.2. The van der Waals surface area contributed by atoms with E-state index in [1.165, 1.54) is 38.9 Å². The summed E-state index contributed by atoms with van der Waals surface area (Å²) in [4.78, 5) is 11.6. The van der Waals surface area contributed by atoms with E-state index in [0.717, 1.165) is 6.42 Å². The van der Waals surface area contributed by atoms with E-state index in [4.69, 9.17) is 0 Å². The van der Waals surface area contributed by atoms with Crippen LogP contribution in [0.2, 0.25) is 0 Å². The van der Waals surface area contributed by atoms with E-state index in [9.17, 15) is 9.90 Å². The highest BCUT2D eigenvalue weighted by Crippen LogP contribution is 2.27. The molecule has 0 saturated heterocycles. The first-order valence-corrected chi connectivity index (χ1v) is 10.5. The lowest BCUT2D eigenvalue weighted by molar-refractivity contribution is -0.122. The molecule has 0 aromatic heterocycles. The Labute approximate surface area is 179 Å². The van der Waals surface area contributed by atoms with Gasteiger partial charge in [-0.1, -0.05) is 78.9 Å². The highest BCUT2D eigenvalue weighted by molar-refractivity contribution is 5.79. The number of rotatable bonds is 8. The van der Waals surface area contributed by atoms with Gasteiger partial charge in [0, 0.05) is 5.92 Å². The quantitative estimate of drug-likeness (QED) is 0.454. The monoisotopic (exact) mass is 398 g/mol. The molecule has 3 rings (SSSR count). The SMILES string of the molecule is CC(=O)C(CO)CCc1ccc(C)c(C=Cc2cccc(-c3ccccc3)c2C)c1. The number of carbonyl (C=O) groups is 1. The zero-order valence-electron chi connectivity index (χ0n) is 18.1. The normalized spacial score (nSPS) is 12.3. The first-order valence-electron chi connectivity index (χ1n) is 10.5. The maximum Gasteiger partial charge on any atom is 0.135 e. The molecule has 0 aliphatic heterocycles. The number of hydrogen-bond acceptors (Lipinski definition) is 2. The van der Waals surface area contributed by atoms with Crippen LogP contribution < -0.4 is 0 Å². The second-order valence-electron chi connectivity index (χ2n) is 7.94. The Morgan fingerprint density at radius 1 is 0.933 bits per heavy atom. The zero-order valence-corrected chi connectivity index (χ0v) is 18.1. The third-order valence-corrected chi connectivity index (χ3v) is 5.82. The Kier molecular flexibility index (Phi) is 7.37. The van der Waals surface area contributed by atoms with Crippen molar-refractivity contribution in [3.8, 4) is 11.1 Å². The molecule has 0 aliphatic carbocycles. The fraction of sp³-hybridized carbons (Fsp3) is 0.250. The molecule has 30 heavy (non-hydrogen) atoms. The molecule has 3 aromatic rings. The molecule has 3 aromatic carbocycles. The van der Waals surface area contributed by atoms with Gasteiger partial charge in [-0.15, -0.1) is 0 Å². The Bertz CT molecular complexity index is 1030. The maximum absolute atomic E-state index is 11.6. The lowest BCUT2D eigenvalue weighted by Gasteiger charge is -2.12. The average molecular weight is 399 g/mol. The highest BCUT2D eigenvalue weighted by atomic mass is 16.3. The minimum Gasteiger partial charge on any atom is -0.396 e. The number of aliphatic hydroxyl groups is 1. The summed E-state index contributed by atoms with van der Waals surface area (Å²) < 4.78 is 0. The molecule has 1 N–H and O–H groups in total. The van der Waals surface area contributed by atoms with E-state index in [-0.39, 0.29) is 18.3 Å². The third kappa shape index (κ3) is 5.34. The molecular formula is C28H30O2. The number of hydrogen-bond donors (Lipinski definition) is 1. The van der Waals surface area contributed by atoms with E-state index in [0.29, 0.717) is 6.42 Å². The van der Waals surface area contributed by atoms with Crippen LogP contribution in [-0.2, 0) is 11.2 Å². The minimum absolute atomic E-state index is 0.0542. The standard InChI is InChI=1S/C28H30O2/c1-20-12-13-23(14-15-27(19-29)22(3)30)18-26(20)17-16-24-10-7-11-28(21(24)2)25-8-5-4-6-9-25/h4-13,16-18,27,29H,14-15,19H2,1-3H3. The molecule has 0 amide bonds. The van der Waals surface area contributed by atoms with E-state index < -0.39 is 0 Å². The van der Waals surface area contributed by atoms with Gasteiger partial charge in [-0.05, 0) is 72.6 Å². The van der Waals surface area contributed by atoms with Crippen molar-refractivity contribution in [2.45, 2.75) is 33.6 Å². The van der Waals surface area contributed by atoms with Gasteiger partial charge in [0.2, 0.25) is 0 Å². The summed E-state index contributed by atoms with van der Waals surface area (Å²) in [6, 6.07) is 23.3. The molecule has 0 spiro atoms. The molecule has 0 heterocycles. The van der Waals surface area contributed by atoms with Gasteiger partial charge in [0.1, 0.15) is 5.78 Å². The first-order chi connectivity index (χ1) is 14.5. The summed E-state index contributed by atoms with van der Waals surface area (Å²) in [7, 11) is 0. The van der Waals surface area contributed by atoms with Crippen molar-refractivity contribution in [1.29, 1.82) is 0 Å². The van der Waals surface area contributed by atoms with Gasteiger partial charge in [0.15, 0.2) is 0 Å². The molecule has 0 fully saturated rings. The van der Waals surface area contributed by atoms with Gasteiger partial charge in [-0.2, -0.15) is 0 Å². The van der Waals surface area contributed by atoms with Crippen LogP contribution in [0, 0.1) is 19.8 Å². The average Bonchev–Trinajstić information content (AvgIpc) is 2.75. The number of ketones is 1. The van der Waals surface area contributed by atoms with Gasteiger partial charge >= 0.3 is 0 Å². The summed E-state index contributed by atoms with van der Waals surface area (Å²) in [5.41, 5.74) is 8.54. The Morgan fingerprint density at radius 2 is 1.67 bits per heavy atom. The Balaban J connectivity index is 1.82. The summed E-state index contributed by atoms with van der Waals surface area (Å²) >= 11 is 0. The molecule has 0 radical (unpaired) electrons. The third-order valence-electron chi connectivity index (χ3n) is 5.82. The van der Waals surface area contributed by atoms with Gasteiger partial charge in [-0.3, -0.25) is 4.79 Å². The van der Waals surface area contributed by atoms with Crippen LogP contribution in [0.3, 0.4) is 0 Å². The van der Waals surface area contributed by atoms with E-state index in [1.54, 1.807) is 6.92 Å². The largest absolute Gasteiger partial charge is 0.396 e. The molecule has 2 nitrogen and oxygen atoms in total. The molecule has 0 aliphatic rings. The van der Waals surface area contributed by atoms with Crippen molar-refractivity contribution in [3.05, 3.63) is 94.5 Å². The fourth-order valence-electron chi connectivity index (χ4n) is 3.73. The van der Waals surface area contributed by atoms with Gasteiger partial charge in [0.05, 0.1) is 6.61 Å². The van der Waals surface area contributed by atoms with E-state index >= 15 is 0 Å². The Hall–Kier alpha value is -2.97. The molecule has 2 heteroatoms. The predicted octanol–water partition coefficient (Wildman–Crippen LogP) is 6.27. The van der Waals surface area contributed by atoms with Crippen LogP contribution in [0.5, 0.6) is 0 Å². The van der Waals surface area contributed by atoms with Gasteiger partial charge in [-0.25, -0.2) is 0 Å². The van der Waals surface area contributed by atoms with Gasteiger partial charge in [0.25, 0.3) is 0 Å². The number of aryl methyl sites for hydroxylation is 2. The molecular weight excluding hydrogens is 368 g/mol. The molecule has 0 bridgehead atoms. The summed E-state index contributed by atoms with van der Waals surface area (Å²) in [5, 5.41) is 9.38. The van der Waals surface area contributed by atoms with Crippen LogP contribution in [0.15, 0.2) is 66.7 Å². The highest BCUT2D eigenvalue weighted by Gasteiger charge is 2.13. The van der Waals surface area contributed by atoms with Crippen LogP contribution in [0.1, 0.15) is 41.2 Å². The topological polar surface area (TPSA) is 37.3 Å². The molecule has 1 unspecified atom stereocenters. The van der Waals surface area contributed by atoms with E-state index in [2.05, 4.69) is 86.7 Å². The number of benzene rings is 3. The van der Waals surface area contributed by atoms with Crippen LogP contribution in [0.4, 0.5) is 0 Å². The van der Waals surface area contributed by atoms with Crippen LogP contribution >= 0.6 is 0 Å². The zero-order chi connectivity index (χ0) is 21.5. The van der Waals surface area contributed by atoms with Crippen molar-refractivity contribution in [2.24, 2.45) is 5.92 Å². The number of aliphatic hydroxyl groups excluding tert-OH is 1. The van der Waals surface area contributed by atoms with Crippen molar-refractivity contribution >= 4 is 17.9 Å². The molecule has 154 valence electrons. The number of carbonyl (C=O) groups excluding carboxylic acids is 1. The fourth-order valence-corrected chi connectivity index (χ4v) is 3.73. The van der Waals surface area contributed by atoms with E-state index in [1.807, 2.05) is 6.07 Å². The summed E-state index contributed by atoms with van der Waals surface area (Å²) in [5.74, 6) is -0.216. The van der Waals surface area contributed by atoms with Crippen molar-refractivity contribution in [2.75, 3.05) is 6.61 Å². The summed E-state index contributed by atoms with van der Waals surface area (Å²) in [6.45, 7) is 5.76. The lowest BCUT2D eigenvalue weighted by atomic mass is 9.94. The van der Waals surface area contributed by atoms with Crippen LogP contribution in [-0.4, -0.2) is 17.5 Å². The molecule has 1 atom stereocenters. The van der Waals surface area contributed by atoms with Crippen molar-refractivity contribution in [1.82, 2.24) is 0 Å². The first kappa shape index (κ1) is 21.7. The minimum atomic E-state index is -0.270. The molecule has 0 saturated carbocycles. The number of Topliss-reactive ketones (excluding diaryl/α,β-unsaturated/α-hetero) is 1. The smallest absolute Gasteiger partial charge is 0.135 e. The summed E-state index contributed by atoms with van der Waals surface area (Å²) in [6.07, 6.45) is 5.81.